The molecule has 1 aromatic carbocycles. The van der Waals surface area contributed by atoms with E-state index in [4.69, 9.17) is 0 Å². The van der Waals surface area contributed by atoms with Crippen LogP contribution in [0.5, 0.6) is 0 Å². The minimum atomic E-state index is 0.727. The molecule has 0 unspecified atom stereocenters. The maximum absolute atomic E-state index is 4.38. The van der Waals surface area contributed by atoms with Gasteiger partial charge in [0.2, 0.25) is 5.82 Å². The molecule has 2 heterocycles. The summed E-state index contributed by atoms with van der Waals surface area (Å²) >= 11 is 0. The molecule has 0 amide bonds. The summed E-state index contributed by atoms with van der Waals surface area (Å²) < 4.78 is 0. The quantitative estimate of drug-likeness (QED) is 0.881. The number of rotatable bonds is 2. The van der Waals surface area contributed by atoms with Gasteiger partial charge in [0.05, 0.1) is 7.05 Å². The molecule has 3 rings (SSSR count). The highest BCUT2D eigenvalue weighted by atomic mass is 15.6. The first-order valence-corrected chi connectivity index (χ1v) is 6.57. The van der Waals surface area contributed by atoms with Crippen molar-refractivity contribution < 1.29 is 0 Å². The summed E-state index contributed by atoms with van der Waals surface area (Å²) in [5, 5.41) is 15.9. The van der Waals surface area contributed by atoms with E-state index in [1.165, 1.54) is 15.9 Å². The summed E-state index contributed by atoms with van der Waals surface area (Å²) in [6, 6.07) is 10.3. The SMILES string of the molecule is Cn1nnc(C(=C2CCNCC2)c2ccccc2)n1. The first-order chi connectivity index (χ1) is 9.34. The number of piperidine rings is 1. The van der Waals surface area contributed by atoms with Gasteiger partial charge in [-0.05, 0) is 36.7 Å². The second kappa shape index (κ2) is 5.32. The zero-order chi connectivity index (χ0) is 13.1. The van der Waals surface area contributed by atoms with Crippen molar-refractivity contribution in [2.24, 2.45) is 7.05 Å². The lowest BCUT2D eigenvalue weighted by molar-refractivity contribution is 0.610. The Kier molecular flexibility index (Phi) is 3.37. The summed E-state index contributed by atoms with van der Waals surface area (Å²) in [6.07, 6.45) is 2.09. The molecule has 1 aliphatic heterocycles. The number of nitrogens with zero attached hydrogens (tertiary/aromatic N) is 4. The van der Waals surface area contributed by atoms with Gasteiger partial charge >= 0.3 is 0 Å². The van der Waals surface area contributed by atoms with Crippen LogP contribution in [0.1, 0.15) is 24.2 Å². The average Bonchev–Trinajstić information content (AvgIpc) is 2.88. The summed E-state index contributed by atoms with van der Waals surface area (Å²) in [5.41, 5.74) is 3.74. The standard InChI is InChI=1S/C14H17N5/c1-19-17-14(16-18-19)13(11-5-3-2-4-6-11)12-7-9-15-10-8-12/h2-6,15H,7-10H2,1H3. The number of aromatic nitrogens is 4. The summed E-state index contributed by atoms with van der Waals surface area (Å²) in [7, 11) is 1.80. The second-order valence-electron chi connectivity index (χ2n) is 4.70. The predicted octanol–water partition coefficient (Wildman–Crippen LogP) is 1.40. The lowest BCUT2D eigenvalue weighted by atomic mass is 9.93. The van der Waals surface area contributed by atoms with Crippen molar-refractivity contribution in [1.29, 1.82) is 0 Å². The summed E-state index contributed by atoms with van der Waals surface area (Å²) in [5.74, 6) is 0.727. The largest absolute Gasteiger partial charge is 0.316 e. The smallest absolute Gasteiger partial charge is 0.205 e. The van der Waals surface area contributed by atoms with Gasteiger partial charge in [-0.25, -0.2) is 0 Å². The average molecular weight is 255 g/mol. The molecule has 98 valence electrons. The summed E-state index contributed by atoms with van der Waals surface area (Å²) in [6.45, 7) is 2.04. The zero-order valence-corrected chi connectivity index (χ0v) is 11.0. The van der Waals surface area contributed by atoms with Crippen molar-refractivity contribution >= 4 is 5.57 Å². The molecule has 5 nitrogen and oxygen atoms in total. The first-order valence-electron chi connectivity index (χ1n) is 6.57. The van der Waals surface area contributed by atoms with Crippen LogP contribution in [0, 0.1) is 0 Å². The third-order valence-corrected chi connectivity index (χ3v) is 3.36. The van der Waals surface area contributed by atoms with E-state index in [9.17, 15) is 0 Å². The monoisotopic (exact) mass is 255 g/mol. The fraction of sp³-hybridized carbons (Fsp3) is 0.357. The topological polar surface area (TPSA) is 55.6 Å². The van der Waals surface area contributed by atoms with Crippen molar-refractivity contribution in [1.82, 2.24) is 25.5 Å². The molecule has 0 aliphatic carbocycles. The van der Waals surface area contributed by atoms with Gasteiger partial charge in [-0.15, -0.1) is 10.2 Å². The highest BCUT2D eigenvalue weighted by molar-refractivity contribution is 5.78. The van der Waals surface area contributed by atoms with E-state index in [2.05, 4.69) is 32.9 Å². The van der Waals surface area contributed by atoms with Crippen molar-refractivity contribution in [3.63, 3.8) is 0 Å². The van der Waals surface area contributed by atoms with E-state index in [0.29, 0.717) is 0 Å². The van der Waals surface area contributed by atoms with Crippen LogP contribution in [-0.4, -0.2) is 33.3 Å². The Morgan fingerprint density at radius 1 is 1.16 bits per heavy atom. The predicted molar refractivity (Wildman–Crippen MR) is 73.4 cm³/mol. The van der Waals surface area contributed by atoms with E-state index in [1.54, 1.807) is 7.05 Å². The normalized spacial score (nSPS) is 15.5. The molecule has 1 aliphatic rings. The van der Waals surface area contributed by atoms with E-state index in [0.717, 1.165) is 37.3 Å². The number of hydrogen-bond acceptors (Lipinski definition) is 4. The van der Waals surface area contributed by atoms with Gasteiger partial charge in [-0.3, -0.25) is 0 Å². The number of benzene rings is 1. The molecule has 0 spiro atoms. The van der Waals surface area contributed by atoms with Crippen LogP contribution >= 0.6 is 0 Å². The van der Waals surface area contributed by atoms with Crippen LogP contribution in [0.2, 0.25) is 0 Å². The fourth-order valence-corrected chi connectivity index (χ4v) is 2.46. The molecule has 0 atom stereocenters. The molecule has 0 saturated carbocycles. The Hall–Kier alpha value is -2.01. The molecule has 1 fully saturated rings. The summed E-state index contributed by atoms with van der Waals surface area (Å²) in [4.78, 5) is 1.51. The molecular formula is C14H17N5. The van der Waals surface area contributed by atoms with E-state index < -0.39 is 0 Å². The van der Waals surface area contributed by atoms with Crippen LogP contribution < -0.4 is 5.32 Å². The van der Waals surface area contributed by atoms with Gasteiger partial charge in [0.25, 0.3) is 0 Å². The Morgan fingerprint density at radius 3 is 2.53 bits per heavy atom. The van der Waals surface area contributed by atoms with Gasteiger partial charge in [0.1, 0.15) is 0 Å². The molecule has 1 saturated heterocycles. The molecular weight excluding hydrogens is 238 g/mol. The zero-order valence-electron chi connectivity index (χ0n) is 11.0. The van der Waals surface area contributed by atoms with Gasteiger partial charge in [0.15, 0.2) is 0 Å². The number of nitrogens with one attached hydrogen (secondary N) is 1. The highest BCUT2D eigenvalue weighted by Gasteiger charge is 2.17. The van der Waals surface area contributed by atoms with Crippen LogP contribution in [0.3, 0.4) is 0 Å². The van der Waals surface area contributed by atoms with E-state index in [-0.39, 0.29) is 0 Å². The Morgan fingerprint density at radius 2 is 1.89 bits per heavy atom. The lowest BCUT2D eigenvalue weighted by Gasteiger charge is -2.19. The minimum absolute atomic E-state index is 0.727. The third-order valence-electron chi connectivity index (χ3n) is 3.36. The first kappa shape index (κ1) is 12.0. The Bertz CT molecular complexity index is 577. The van der Waals surface area contributed by atoms with Gasteiger partial charge < -0.3 is 5.32 Å². The maximum Gasteiger partial charge on any atom is 0.205 e. The molecule has 2 aromatic rings. The van der Waals surface area contributed by atoms with Crippen LogP contribution in [0.4, 0.5) is 0 Å². The van der Waals surface area contributed by atoms with Gasteiger partial charge in [0, 0.05) is 5.57 Å². The highest BCUT2D eigenvalue weighted by Crippen LogP contribution is 2.28. The molecule has 19 heavy (non-hydrogen) atoms. The molecule has 1 N–H and O–H groups in total. The van der Waals surface area contributed by atoms with Crippen molar-refractivity contribution in [3.8, 4) is 0 Å². The van der Waals surface area contributed by atoms with Crippen LogP contribution in [0.25, 0.3) is 5.57 Å². The Balaban J connectivity index is 2.10. The number of tetrazole rings is 1. The third kappa shape index (κ3) is 2.56. The maximum atomic E-state index is 4.38. The van der Waals surface area contributed by atoms with Crippen molar-refractivity contribution in [2.45, 2.75) is 12.8 Å². The van der Waals surface area contributed by atoms with Gasteiger partial charge in [-0.1, -0.05) is 35.9 Å². The minimum Gasteiger partial charge on any atom is -0.316 e. The van der Waals surface area contributed by atoms with E-state index in [1.807, 2.05) is 18.2 Å². The lowest BCUT2D eigenvalue weighted by Crippen LogP contribution is -2.24. The molecule has 0 bridgehead atoms. The van der Waals surface area contributed by atoms with Crippen molar-refractivity contribution in [2.75, 3.05) is 13.1 Å². The molecule has 0 radical (unpaired) electrons. The number of aryl methyl sites for hydroxylation is 1. The van der Waals surface area contributed by atoms with Crippen molar-refractivity contribution in [3.05, 3.63) is 47.3 Å². The van der Waals surface area contributed by atoms with E-state index >= 15 is 0 Å². The van der Waals surface area contributed by atoms with Gasteiger partial charge in [-0.2, -0.15) is 4.80 Å². The second-order valence-corrected chi connectivity index (χ2v) is 4.70. The van der Waals surface area contributed by atoms with Crippen LogP contribution in [-0.2, 0) is 7.05 Å². The number of hydrogen-bond donors (Lipinski definition) is 1. The molecule has 1 aromatic heterocycles. The van der Waals surface area contributed by atoms with Crippen LogP contribution in [0.15, 0.2) is 35.9 Å². The fourth-order valence-electron chi connectivity index (χ4n) is 2.46. The Labute approximate surface area is 112 Å². The molecule has 5 heteroatoms.